The van der Waals surface area contributed by atoms with E-state index in [1.165, 1.54) is 6.07 Å². The van der Waals surface area contributed by atoms with Gasteiger partial charge in [-0.3, -0.25) is 9.79 Å². The molecule has 1 aliphatic heterocycles. The Morgan fingerprint density at radius 2 is 2.12 bits per heavy atom. The SMILES string of the molecule is Cc1cccc2c1C(C=Nc1ccc(NCCN(C)C)c(F)c1)C(=O)N2. The molecule has 0 aliphatic carbocycles. The zero-order valence-corrected chi connectivity index (χ0v) is 15.2. The van der Waals surface area contributed by atoms with Gasteiger partial charge in [0.25, 0.3) is 0 Å². The molecule has 2 N–H and O–H groups in total. The van der Waals surface area contributed by atoms with Gasteiger partial charge in [0.05, 0.1) is 11.4 Å². The van der Waals surface area contributed by atoms with Crippen LogP contribution in [0.3, 0.4) is 0 Å². The molecule has 136 valence electrons. The molecule has 0 saturated heterocycles. The van der Waals surface area contributed by atoms with Crippen LogP contribution in [0.4, 0.5) is 21.5 Å². The van der Waals surface area contributed by atoms with E-state index in [0.29, 0.717) is 17.9 Å². The third kappa shape index (κ3) is 3.91. The monoisotopic (exact) mass is 354 g/mol. The number of aliphatic imine (C=N–C) groups is 1. The van der Waals surface area contributed by atoms with Crippen LogP contribution in [0.25, 0.3) is 0 Å². The van der Waals surface area contributed by atoms with Crippen molar-refractivity contribution in [2.24, 2.45) is 4.99 Å². The number of carbonyl (C=O) groups excluding carboxylic acids is 1. The molecular weight excluding hydrogens is 331 g/mol. The largest absolute Gasteiger partial charge is 0.381 e. The maximum absolute atomic E-state index is 14.2. The highest BCUT2D eigenvalue weighted by Crippen LogP contribution is 2.34. The molecule has 0 bridgehead atoms. The lowest BCUT2D eigenvalue weighted by Gasteiger charge is -2.12. The zero-order valence-electron chi connectivity index (χ0n) is 15.2. The number of anilines is 2. The van der Waals surface area contributed by atoms with Crippen LogP contribution in [-0.2, 0) is 4.79 Å². The summed E-state index contributed by atoms with van der Waals surface area (Å²) in [4.78, 5) is 18.6. The van der Waals surface area contributed by atoms with Gasteiger partial charge < -0.3 is 15.5 Å². The van der Waals surface area contributed by atoms with E-state index in [9.17, 15) is 9.18 Å². The minimum Gasteiger partial charge on any atom is -0.381 e. The Morgan fingerprint density at radius 3 is 2.85 bits per heavy atom. The summed E-state index contributed by atoms with van der Waals surface area (Å²) in [5.41, 5.74) is 3.71. The quantitative estimate of drug-likeness (QED) is 0.780. The first-order chi connectivity index (χ1) is 12.5. The van der Waals surface area contributed by atoms with Crippen molar-refractivity contribution in [3.8, 4) is 0 Å². The van der Waals surface area contributed by atoms with E-state index in [-0.39, 0.29) is 11.7 Å². The van der Waals surface area contributed by atoms with E-state index in [2.05, 4.69) is 15.6 Å². The van der Waals surface area contributed by atoms with Gasteiger partial charge in [-0.05, 0) is 50.3 Å². The second kappa shape index (κ2) is 7.66. The lowest BCUT2D eigenvalue weighted by Crippen LogP contribution is -2.21. The Bertz CT molecular complexity index is 848. The first-order valence-corrected chi connectivity index (χ1v) is 8.58. The minimum atomic E-state index is -0.452. The Morgan fingerprint density at radius 1 is 1.31 bits per heavy atom. The molecular formula is C20H23FN4O. The molecule has 0 aromatic heterocycles. The van der Waals surface area contributed by atoms with E-state index in [1.54, 1.807) is 18.3 Å². The second-order valence-electron chi connectivity index (χ2n) is 6.68. The average Bonchev–Trinajstić information content (AvgIpc) is 2.91. The number of carbonyl (C=O) groups is 1. The molecule has 2 aromatic rings. The molecule has 0 spiro atoms. The predicted molar refractivity (Wildman–Crippen MR) is 104 cm³/mol. The summed E-state index contributed by atoms with van der Waals surface area (Å²) in [6, 6.07) is 10.5. The van der Waals surface area contributed by atoms with E-state index in [0.717, 1.165) is 23.4 Å². The molecule has 0 saturated carbocycles. The molecule has 0 radical (unpaired) electrons. The maximum atomic E-state index is 14.2. The van der Waals surface area contributed by atoms with Gasteiger partial charge in [-0.1, -0.05) is 12.1 Å². The zero-order chi connectivity index (χ0) is 18.7. The summed E-state index contributed by atoms with van der Waals surface area (Å²) in [6.07, 6.45) is 1.59. The topological polar surface area (TPSA) is 56.7 Å². The molecule has 0 fully saturated rings. The predicted octanol–water partition coefficient (Wildman–Crippen LogP) is 3.55. The van der Waals surface area contributed by atoms with Crippen molar-refractivity contribution in [1.29, 1.82) is 0 Å². The summed E-state index contributed by atoms with van der Waals surface area (Å²) in [5.74, 6) is -0.918. The van der Waals surface area contributed by atoms with Crippen molar-refractivity contribution in [1.82, 2.24) is 4.90 Å². The fourth-order valence-corrected chi connectivity index (χ4v) is 2.99. The fraction of sp³-hybridized carbons (Fsp3) is 0.300. The molecule has 1 heterocycles. The molecule has 5 nitrogen and oxygen atoms in total. The normalized spacial score (nSPS) is 16.2. The number of nitrogens with one attached hydrogen (secondary N) is 2. The van der Waals surface area contributed by atoms with Gasteiger partial charge in [-0.15, -0.1) is 0 Å². The molecule has 1 aliphatic rings. The Hall–Kier alpha value is -2.73. The summed E-state index contributed by atoms with van der Waals surface area (Å²) >= 11 is 0. The van der Waals surface area contributed by atoms with E-state index in [1.807, 2.05) is 44.1 Å². The second-order valence-corrected chi connectivity index (χ2v) is 6.68. The lowest BCUT2D eigenvalue weighted by molar-refractivity contribution is -0.115. The van der Waals surface area contributed by atoms with Crippen LogP contribution in [0.15, 0.2) is 41.4 Å². The highest BCUT2D eigenvalue weighted by molar-refractivity contribution is 6.13. The third-order valence-electron chi connectivity index (χ3n) is 4.38. The lowest BCUT2D eigenvalue weighted by atomic mass is 9.97. The smallest absolute Gasteiger partial charge is 0.237 e. The highest BCUT2D eigenvalue weighted by atomic mass is 19.1. The van der Waals surface area contributed by atoms with Gasteiger partial charge in [0.1, 0.15) is 11.7 Å². The van der Waals surface area contributed by atoms with Crippen LogP contribution in [0, 0.1) is 12.7 Å². The van der Waals surface area contributed by atoms with Crippen molar-refractivity contribution in [3.63, 3.8) is 0 Å². The van der Waals surface area contributed by atoms with Crippen molar-refractivity contribution >= 4 is 29.2 Å². The number of halogens is 1. The summed E-state index contributed by atoms with van der Waals surface area (Å²) in [6.45, 7) is 3.44. The maximum Gasteiger partial charge on any atom is 0.237 e. The molecule has 6 heteroatoms. The van der Waals surface area contributed by atoms with Crippen LogP contribution >= 0.6 is 0 Å². The Balaban J connectivity index is 1.74. The fourth-order valence-electron chi connectivity index (χ4n) is 2.99. The van der Waals surface area contributed by atoms with E-state index < -0.39 is 5.92 Å². The van der Waals surface area contributed by atoms with Gasteiger partial charge in [-0.25, -0.2) is 4.39 Å². The van der Waals surface area contributed by atoms with Crippen LogP contribution < -0.4 is 10.6 Å². The van der Waals surface area contributed by atoms with E-state index in [4.69, 9.17) is 0 Å². The number of amides is 1. The first-order valence-electron chi connectivity index (χ1n) is 8.58. The third-order valence-corrected chi connectivity index (χ3v) is 4.38. The van der Waals surface area contributed by atoms with Crippen LogP contribution in [0.5, 0.6) is 0 Å². The molecule has 3 rings (SSSR count). The number of aryl methyl sites for hydroxylation is 1. The molecule has 1 amide bonds. The number of benzene rings is 2. The van der Waals surface area contributed by atoms with Gasteiger partial charge >= 0.3 is 0 Å². The summed E-state index contributed by atoms with van der Waals surface area (Å²) in [7, 11) is 3.93. The molecule has 1 atom stereocenters. The molecule has 2 aromatic carbocycles. The first kappa shape index (κ1) is 18.1. The number of likely N-dealkylation sites (N-methyl/N-ethyl adjacent to an activating group) is 1. The van der Waals surface area contributed by atoms with Crippen molar-refractivity contribution in [2.75, 3.05) is 37.8 Å². The van der Waals surface area contributed by atoms with Crippen molar-refractivity contribution in [3.05, 3.63) is 53.3 Å². The number of fused-ring (bicyclic) bond motifs is 1. The number of rotatable bonds is 6. The summed E-state index contributed by atoms with van der Waals surface area (Å²) in [5, 5.41) is 5.92. The average molecular weight is 354 g/mol. The number of hydrogen-bond acceptors (Lipinski definition) is 4. The van der Waals surface area contributed by atoms with Crippen LogP contribution in [0.2, 0.25) is 0 Å². The Labute approximate surface area is 152 Å². The highest BCUT2D eigenvalue weighted by Gasteiger charge is 2.30. The minimum absolute atomic E-state index is 0.111. The summed E-state index contributed by atoms with van der Waals surface area (Å²) < 4.78 is 14.2. The number of hydrogen-bond donors (Lipinski definition) is 2. The standard InChI is InChI=1S/C20H23FN4O/c1-13-5-4-6-18-19(13)15(20(26)24-18)12-23-14-7-8-17(16(21)11-14)22-9-10-25(2)3/h4-8,11-12,15,22H,9-10H2,1-3H3,(H,24,26). The van der Waals surface area contributed by atoms with Crippen LogP contribution in [0.1, 0.15) is 17.0 Å². The molecule has 1 unspecified atom stereocenters. The van der Waals surface area contributed by atoms with Crippen molar-refractivity contribution in [2.45, 2.75) is 12.8 Å². The van der Waals surface area contributed by atoms with Gasteiger partial charge in [0, 0.05) is 31.1 Å². The number of nitrogens with zero attached hydrogens (tertiary/aromatic N) is 2. The van der Waals surface area contributed by atoms with E-state index >= 15 is 0 Å². The van der Waals surface area contributed by atoms with Crippen LogP contribution in [-0.4, -0.2) is 44.2 Å². The van der Waals surface area contributed by atoms with Gasteiger partial charge in [-0.2, -0.15) is 0 Å². The van der Waals surface area contributed by atoms with Gasteiger partial charge in [0.2, 0.25) is 5.91 Å². The Kier molecular flexibility index (Phi) is 5.32. The van der Waals surface area contributed by atoms with Crippen molar-refractivity contribution < 1.29 is 9.18 Å². The van der Waals surface area contributed by atoms with Gasteiger partial charge in [0.15, 0.2) is 0 Å². The molecule has 26 heavy (non-hydrogen) atoms.